The molecule has 1 heteroatoms. The van der Waals surface area contributed by atoms with Gasteiger partial charge in [-0.05, 0) is 18.8 Å². The molecule has 0 bridgehead atoms. The Labute approximate surface area is 82.9 Å². The molecular formula is C11H22S. The van der Waals surface area contributed by atoms with Crippen LogP contribution in [0.15, 0.2) is 11.6 Å². The first-order valence-corrected chi connectivity index (χ1v) is 4.97. The molecule has 0 aliphatic carbocycles. The van der Waals surface area contributed by atoms with Crippen LogP contribution in [0.1, 0.15) is 48.0 Å². The van der Waals surface area contributed by atoms with Crippen LogP contribution in [-0.2, 0) is 0 Å². The fourth-order valence-electron chi connectivity index (χ4n) is 0.709. The van der Waals surface area contributed by atoms with E-state index in [1.54, 1.807) is 0 Å². The minimum Gasteiger partial charge on any atom is -0.173 e. The van der Waals surface area contributed by atoms with Crippen molar-refractivity contribution in [3.05, 3.63) is 11.6 Å². The summed E-state index contributed by atoms with van der Waals surface area (Å²) in [4.78, 5) is 0. The molecule has 0 atom stereocenters. The van der Waals surface area contributed by atoms with E-state index in [0.717, 1.165) is 6.42 Å². The lowest BCUT2D eigenvalue weighted by Crippen LogP contribution is -2.11. The molecule has 0 radical (unpaired) electrons. The van der Waals surface area contributed by atoms with Gasteiger partial charge in [-0.3, -0.25) is 0 Å². The van der Waals surface area contributed by atoms with Crippen molar-refractivity contribution in [2.75, 3.05) is 0 Å². The number of thiol groups is 1. The summed E-state index contributed by atoms with van der Waals surface area (Å²) in [6.07, 6.45) is 3.34. The maximum absolute atomic E-state index is 4.48. The fourth-order valence-corrected chi connectivity index (χ4v) is 0.800. The summed E-state index contributed by atoms with van der Waals surface area (Å²) in [5.74, 6) is 0. The van der Waals surface area contributed by atoms with Crippen molar-refractivity contribution in [3.8, 4) is 0 Å². The molecule has 0 nitrogen and oxygen atoms in total. The van der Waals surface area contributed by atoms with Crippen LogP contribution in [-0.4, -0.2) is 4.75 Å². The Bertz CT molecular complexity index is 164. The van der Waals surface area contributed by atoms with Crippen molar-refractivity contribution in [1.82, 2.24) is 0 Å². The van der Waals surface area contributed by atoms with Gasteiger partial charge in [0, 0.05) is 4.75 Å². The molecule has 72 valence electrons. The van der Waals surface area contributed by atoms with Crippen molar-refractivity contribution in [3.63, 3.8) is 0 Å². The van der Waals surface area contributed by atoms with Gasteiger partial charge in [-0.25, -0.2) is 0 Å². The molecule has 0 aromatic rings. The van der Waals surface area contributed by atoms with Crippen LogP contribution in [0.5, 0.6) is 0 Å². The summed E-state index contributed by atoms with van der Waals surface area (Å²) < 4.78 is 0.118. The maximum atomic E-state index is 4.48. The SMILES string of the molecule is C/C(=C\CC(C)(C)S)C(C)(C)C. The molecule has 0 saturated carbocycles. The average Bonchev–Trinajstić information content (AvgIpc) is 1.78. The predicted molar refractivity (Wildman–Crippen MR) is 60.9 cm³/mol. The second kappa shape index (κ2) is 3.87. The Hall–Kier alpha value is 0.0900. The molecule has 0 unspecified atom stereocenters. The van der Waals surface area contributed by atoms with Gasteiger partial charge in [-0.15, -0.1) is 0 Å². The van der Waals surface area contributed by atoms with Gasteiger partial charge in [-0.2, -0.15) is 12.6 Å². The Kier molecular flexibility index (Phi) is 3.89. The molecule has 0 heterocycles. The van der Waals surface area contributed by atoms with Crippen LogP contribution < -0.4 is 0 Å². The second-order valence-electron chi connectivity index (χ2n) is 5.15. The molecule has 0 aromatic heterocycles. The van der Waals surface area contributed by atoms with Gasteiger partial charge in [0.2, 0.25) is 0 Å². The predicted octanol–water partition coefficient (Wildman–Crippen LogP) is 4.08. The molecule has 0 aliphatic heterocycles. The summed E-state index contributed by atoms with van der Waals surface area (Å²) in [5, 5.41) is 0. The summed E-state index contributed by atoms with van der Waals surface area (Å²) in [5.41, 5.74) is 1.75. The lowest BCUT2D eigenvalue weighted by Gasteiger charge is -2.22. The van der Waals surface area contributed by atoms with Crippen LogP contribution in [0.25, 0.3) is 0 Å². The molecule has 0 aromatic carbocycles. The number of rotatable bonds is 2. The van der Waals surface area contributed by atoms with Crippen molar-refractivity contribution >= 4 is 12.6 Å². The van der Waals surface area contributed by atoms with E-state index in [0.29, 0.717) is 5.41 Å². The first kappa shape index (κ1) is 12.1. The van der Waals surface area contributed by atoms with Crippen LogP contribution >= 0.6 is 12.6 Å². The van der Waals surface area contributed by atoms with Gasteiger partial charge in [0.1, 0.15) is 0 Å². The van der Waals surface area contributed by atoms with Gasteiger partial charge < -0.3 is 0 Å². The van der Waals surface area contributed by atoms with Crippen molar-refractivity contribution in [2.45, 2.75) is 52.7 Å². The van der Waals surface area contributed by atoms with E-state index in [1.807, 2.05) is 0 Å². The molecule has 12 heavy (non-hydrogen) atoms. The standard InChI is InChI=1S/C11H22S/c1-9(10(2,3)4)7-8-11(5,6)12/h7,12H,8H2,1-6H3/b9-7+. The smallest absolute Gasteiger partial charge is 0.0108 e. The Morgan fingerprint density at radius 1 is 1.17 bits per heavy atom. The van der Waals surface area contributed by atoms with E-state index in [-0.39, 0.29) is 4.75 Å². The lowest BCUT2D eigenvalue weighted by molar-refractivity contribution is 0.499. The quantitative estimate of drug-likeness (QED) is 0.487. The minimum atomic E-state index is 0.118. The highest BCUT2D eigenvalue weighted by molar-refractivity contribution is 7.81. The highest BCUT2D eigenvalue weighted by Gasteiger charge is 2.14. The topological polar surface area (TPSA) is 0 Å². The molecule has 0 rings (SSSR count). The van der Waals surface area contributed by atoms with Crippen LogP contribution in [0.4, 0.5) is 0 Å². The van der Waals surface area contributed by atoms with Crippen LogP contribution in [0, 0.1) is 5.41 Å². The largest absolute Gasteiger partial charge is 0.173 e. The third-order valence-electron chi connectivity index (χ3n) is 2.09. The van der Waals surface area contributed by atoms with Gasteiger partial charge in [0.15, 0.2) is 0 Å². The van der Waals surface area contributed by atoms with Gasteiger partial charge in [-0.1, -0.05) is 46.3 Å². The Morgan fingerprint density at radius 2 is 1.58 bits per heavy atom. The first-order chi connectivity index (χ1) is 5.13. The van der Waals surface area contributed by atoms with Crippen LogP contribution in [0.3, 0.4) is 0 Å². The third-order valence-corrected chi connectivity index (χ3v) is 2.27. The zero-order valence-electron chi connectivity index (χ0n) is 9.23. The fraction of sp³-hybridized carbons (Fsp3) is 0.818. The summed E-state index contributed by atoms with van der Waals surface area (Å²) in [6, 6.07) is 0. The Balaban J connectivity index is 4.21. The number of hydrogen-bond donors (Lipinski definition) is 1. The van der Waals surface area contributed by atoms with Crippen molar-refractivity contribution in [2.24, 2.45) is 5.41 Å². The maximum Gasteiger partial charge on any atom is 0.0108 e. The zero-order valence-corrected chi connectivity index (χ0v) is 10.1. The highest BCUT2D eigenvalue weighted by atomic mass is 32.1. The lowest BCUT2D eigenvalue weighted by atomic mass is 9.86. The number of hydrogen-bond acceptors (Lipinski definition) is 1. The molecular weight excluding hydrogens is 164 g/mol. The summed E-state index contributed by atoms with van der Waals surface area (Å²) in [6.45, 7) is 13.2. The Morgan fingerprint density at radius 3 is 1.83 bits per heavy atom. The molecule has 0 amide bonds. The molecule has 0 fully saturated rings. The van der Waals surface area contributed by atoms with E-state index < -0.39 is 0 Å². The van der Waals surface area contributed by atoms with Crippen LogP contribution in [0.2, 0.25) is 0 Å². The molecule has 0 aliphatic rings. The van der Waals surface area contributed by atoms with E-state index in [2.05, 4.69) is 60.2 Å². The monoisotopic (exact) mass is 186 g/mol. The van der Waals surface area contributed by atoms with E-state index >= 15 is 0 Å². The normalized spacial score (nSPS) is 15.1. The van der Waals surface area contributed by atoms with E-state index in [1.165, 1.54) is 5.57 Å². The van der Waals surface area contributed by atoms with Crippen molar-refractivity contribution in [1.29, 1.82) is 0 Å². The highest BCUT2D eigenvalue weighted by Crippen LogP contribution is 2.27. The second-order valence-corrected chi connectivity index (χ2v) is 6.36. The van der Waals surface area contributed by atoms with E-state index in [9.17, 15) is 0 Å². The van der Waals surface area contributed by atoms with Crippen molar-refractivity contribution < 1.29 is 0 Å². The molecule has 0 saturated heterocycles. The zero-order chi connectivity index (χ0) is 9.99. The molecule has 0 N–H and O–H groups in total. The number of allylic oxidation sites excluding steroid dienone is 2. The van der Waals surface area contributed by atoms with Gasteiger partial charge >= 0.3 is 0 Å². The van der Waals surface area contributed by atoms with Gasteiger partial charge in [0.05, 0.1) is 0 Å². The summed E-state index contributed by atoms with van der Waals surface area (Å²) in [7, 11) is 0. The molecule has 0 spiro atoms. The third kappa shape index (κ3) is 5.70. The van der Waals surface area contributed by atoms with Gasteiger partial charge in [0.25, 0.3) is 0 Å². The average molecular weight is 186 g/mol. The summed E-state index contributed by atoms with van der Waals surface area (Å²) >= 11 is 4.48. The minimum absolute atomic E-state index is 0.118. The first-order valence-electron chi connectivity index (χ1n) is 4.52. The van der Waals surface area contributed by atoms with E-state index in [4.69, 9.17) is 0 Å².